The third kappa shape index (κ3) is 3.60. The predicted octanol–water partition coefficient (Wildman–Crippen LogP) is 4.46. The molecule has 0 spiro atoms. The maximum atomic E-state index is 12.5. The van der Waals surface area contributed by atoms with Gasteiger partial charge < -0.3 is 10.1 Å². The quantitative estimate of drug-likeness (QED) is 0.904. The van der Waals surface area contributed by atoms with E-state index in [4.69, 9.17) is 16.3 Å². The highest BCUT2D eigenvalue weighted by atomic mass is 35.5. The summed E-state index contributed by atoms with van der Waals surface area (Å²) in [5.74, 6) is 0.308. The lowest BCUT2D eigenvalue weighted by Gasteiger charge is -2.18. The van der Waals surface area contributed by atoms with Gasteiger partial charge in [-0.3, -0.25) is 4.79 Å². The fourth-order valence-electron chi connectivity index (χ4n) is 2.44. The highest BCUT2D eigenvalue weighted by molar-refractivity contribution is 6.31. The monoisotopic (exact) mass is 317 g/mol. The number of methoxy groups -OCH3 is 1. The molecular weight excluding hydrogens is 298 g/mol. The molecule has 4 heteroatoms. The Kier molecular flexibility index (Phi) is 5.09. The van der Waals surface area contributed by atoms with Crippen LogP contribution in [0.5, 0.6) is 5.75 Å². The van der Waals surface area contributed by atoms with Crippen molar-refractivity contribution >= 4 is 17.5 Å². The molecule has 0 bridgehead atoms. The van der Waals surface area contributed by atoms with Gasteiger partial charge >= 0.3 is 0 Å². The molecule has 0 fully saturated rings. The number of benzene rings is 2. The average Bonchev–Trinajstić information content (AvgIpc) is 2.49. The van der Waals surface area contributed by atoms with Gasteiger partial charge in [0.05, 0.1) is 18.7 Å². The number of amides is 1. The number of rotatable bonds is 4. The molecule has 1 atom stereocenters. The Labute approximate surface area is 136 Å². The lowest BCUT2D eigenvalue weighted by Crippen LogP contribution is -2.27. The molecule has 2 aromatic rings. The minimum Gasteiger partial charge on any atom is -0.496 e. The molecule has 22 heavy (non-hydrogen) atoms. The molecule has 2 aromatic carbocycles. The average molecular weight is 318 g/mol. The summed E-state index contributed by atoms with van der Waals surface area (Å²) >= 11 is 5.98. The van der Waals surface area contributed by atoms with Crippen molar-refractivity contribution in [3.63, 3.8) is 0 Å². The zero-order valence-corrected chi connectivity index (χ0v) is 14.0. The smallest absolute Gasteiger partial charge is 0.255 e. The Balaban J connectivity index is 2.25. The Hall–Kier alpha value is -2.00. The summed E-state index contributed by atoms with van der Waals surface area (Å²) in [4.78, 5) is 12.5. The maximum absolute atomic E-state index is 12.5. The molecule has 0 aliphatic rings. The van der Waals surface area contributed by atoms with Crippen LogP contribution in [0.3, 0.4) is 0 Å². The molecule has 0 saturated carbocycles. The number of hydrogen-bond donors (Lipinski definition) is 1. The third-order valence-electron chi connectivity index (χ3n) is 3.65. The molecule has 1 amide bonds. The van der Waals surface area contributed by atoms with E-state index in [0.29, 0.717) is 16.3 Å². The van der Waals surface area contributed by atoms with Crippen LogP contribution in [0.25, 0.3) is 0 Å². The topological polar surface area (TPSA) is 38.3 Å². The molecule has 1 N–H and O–H groups in total. The molecule has 0 aliphatic carbocycles. The third-order valence-corrected chi connectivity index (χ3v) is 3.89. The van der Waals surface area contributed by atoms with Crippen molar-refractivity contribution in [2.75, 3.05) is 7.11 Å². The highest BCUT2D eigenvalue weighted by Crippen LogP contribution is 2.24. The lowest BCUT2D eigenvalue weighted by atomic mass is 9.99. The van der Waals surface area contributed by atoms with Crippen molar-refractivity contribution in [2.24, 2.45) is 0 Å². The SMILES string of the molecule is COc1ccc(Cl)cc1C(=O)N[C@H](C)c1cc(C)ccc1C. The zero-order chi connectivity index (χ0) is 16.3. The summed E-state index contributed by atoms with van der Waals surface area (Å²) < 4.78 is 5.23. The van der Waals surface area contributed by atoms with Gasteiger partial charge in [-0.25, -0.2) is 0 Å². The van der Waals surface area contributed by atoms with Crippen molar-refractivity contribution < 1.29 is 9.53 Å². The number of carbonyl (C=O) groups is 1. The Morgan fingerprint density at radius 3 is 2.59 bits per heavy atom. The Morgan fingerprint density at radius 1 is 1.18 bits per heavy atom. The van der Waals surface area contributed by atoms with Crippen molar-refractivity contribution in [3.05, 3.63) is 63.7 Å². The largest absolute Gasteiger partial charge is 0.496 e. The van der Waals surface area contributed by atoms with Crippen LogP contribution < -0.4 is 10.1 Å². The number of aryl methyl sites for hydroxylation is 2. The summed E-state index contributed by atoms with van der Waals surface area (Å²) in [5, 5.41) is 3.51. The molecule has 0 unspecified atom stereocenters. The predicted molar refractivity (Wildman–Crippen MR) is 89.8 cm³/mol. The first-order valence-corrected chi connectivity index (χ1v) is 7.51. The fourth-order valence-corrected chi connectivity index (χ4v) is 2.61. The van der Waals surface area contributed by atoms with E-state index in [1.54, 1.807) is 18.2 Å². The summed E-state index contributed by atoms with van der Waals surface area (Å²) in [6.45, 7) is 6.05. The van der Waals surface area contributed by atoms with E-state index in [-0.39, 0.29) is 11.9 Å². The number of ether oxygens (including phenoxy) is 1. The van der Waals surface area contributed by atoms with Gasteiger partial charge in [0, 0.05) is 5.02 Å². The number of hydrogen-bond acceptors (Lipinski definition) is 2. The second kappa shape index (κ2) is 6.84. The van der Waals surface area contributed by atoms with Crippen LogP contribution in [0.1, 0.15) is 40.0 Å². The normalized spacial score (nSPS) is 11.9. The van der Waals surface area contributed by atoms with Crippen molar-refractivity contribution in [1.29, 1.82) is 0 Å². The summed E-state index contributed by atoms with van der Waals surface area (Å²) in [7, 11) is 1.54. The number of halogens is 1. The van der Waals surface area contributed by atoms with Crippen LogP contribution in [-0.4, -0.2) is 13.0 Å². The molecule has 116 valence electrons. The van der Waals surface area contributed by atoms with E-state index < -0.39 is 0 Å². The second-order valence-corrected chi connectivity index (χ2v) is 5.84. The number of carbonyl (C=O) groups excluding carboxylic acids is 1. The second-order valence-electron chi connectivity index (χ2n) is 5.40. The fraction of sp³-hybridized carbons (Fsp3) is 0.278. The summed E-state index contributed by atoms with van der Waals surface area (Å²) in [5.41, 5.74) is 3.86. The van der Waals surface area contributed by atoms with Crippen molar-refractivity contribution in [2.45, 2.75) is 26.8 Å². The van der Waals surface area contributed by atoms with Gasteiger partial charge in [0.1, 0.15) is 5.75 Å². The molecule has 0 saturated heterocycles. The van der Waals surface area contributed by atoms with Crippen LogP contribution in [0, 0.1) is 13.8 Å². The molecule has 3 nitrogen and oxygen atoms in total. The summed E-state index contributed by atoms with van der Waals surface area (Å²) in [6, 6.07) is 11.1. The van der Waals surface area contributed by atoms with Crippen LogP contribution >= 0.6 is 11.6 Å². The van der Waals surface area contributed by atoms with E-state index in [2.05, 4.69) is 23.5 Å². The molecule has 0 aromatic heterocycles. The van der Waals surface area contributed by atoms with Gasteiger partial charge in [-0.2, -0.15) is 0 Å². The lowest BCUT2D eigenvalue weighted by molar-refractivity contribution is 0.0936. The van der Waals surface area contributed by atoms with Crippen LogP contribution in [0.2, 0.25) is 5.02 Å². The van der Waals surface area contributed by atoms with Gasteiger partial charge in [0.15, 0.2) is 0 Å². The van der Waals surface area contributed by atoms with Crippen LogP contribution in [0.15, 0.2) is 36.4 Å². The van der Waals surface area contributed by atoms with Gasteiger partial charge in [-0.05, 0) is 50.1 Å². The molecule has 0 heterocycles. The van der Waals surface area contributed by atoms with E-state index in [1.807, 2.05) is 20.8 Å². The van der Waals surface area contributed by atoms with Gasteiger partial charge in [-0.15, -0.1) is 0 Å². The summed E-state index contributed by atoms with van der Waals surface area (Å²) in [6.07, 6.45) is 0. The Morgan fingerprint density at radius 2 is 1.91 bits per heavy atom. The van der Waals surface area contributed by atoms with E-state index in [1.165, 1.54) is 12.7 Å². The number of nitrogens with one attached hydrogen (secondary N) is 1. The van der Waals surface area contributed by atoms with Crippen LogP contribution in [-0.2, 0) is 0 Å². The van der Waals surface area contributed by atoms with Crippen molar-refractivity contribution in [3.8, 4) is 5.75 Å². The van der Waals surface area contributed by atoms with Crippen molar-refractivity contribution in [1.82, 2.24) is 5.32 Å². The minimum absolute atomic E-state index is 0.101. The van der Waals surface area contributed by atoms with E-state index >= 15 is 0 Å². The van der Waals surface area contributed by atoms with Crippen LogP contribution in [0.4, 0.5) is 0 Å². The first-order chi connectivity index (χ1) is 10.4. The molecule has 0 radical (unpaired) electrons. The minimum atomic E-state index is -0.201. The van der Waals surface area contributed by atoms with Gasteiger partial charge in [0.2, 0.25) is 0 Å². The van der Waals surface area contributed by atoms with E-state index in [0.717, 1.165) is 11.1 Å². The first-order valence-electron chi connectivity index (χ1n) is 7.14. The standard InChI is InChI=1S/C18H20ClNO2/c1-11-5-6-12(2)15(9-11)13(3)20-18(21)16-10-14(19)7-8-17(16)22-4/h5-10,13H,1-4H3,(H,20,21)/t13-/m1/s1. The zero-order valence-electron chi connectivity index (χ0n) is 13.2. The maximum Gasteiger partial charge on any atom is 0.255 e. The molecule has 0 aliphatic heterocycles. The highest BCUT2D eigenvalue weighted by Gasteiger charge is 2.17. The first kappa shape index (κ1) is 16.4. The van der Waals surface area contributed by atoms with Gasteiger partial charge in [-0.1, -0.05) is 35.4 Å². The Bertz CT molecular complexity index is 697. The molecular formula is C18H20ClNO2. The van der Waals surface area contributed by atoms with E-state index in [9.17, 15) is 4.79 Å². The molecule has 2 rings (SSSR count). The van der Waals surface area contributed by atoms with Gasteiger partial charge in [0.25, 0.3) is 5.91 Å².